The maximum Gasteiger partial charge on any atom is 0.271 e. The minimum absolute atomic E-state index is 0.0506. The summed E-state index contributed by atoms with van der Waals surface area (Å²) in [7, 11) is 1.59. The Hall–Kier alpha value is -4.54. The number of carbonyl (C=O) groups excluding carboxylic acids is 2. The lowest BCUT2D eigenvalue weighted by atomic mass is 9.93. The highest BCUT2D eigenvalue weighted by Crippen LogP contribution is 2.33. The first-order chi connectivity index (χ1) is 19.4. The molecule has 0 N–H and O–H groups in total. The second kappa shape index (κ2) is 13.0. The first-order valence-corrected chi connectivity index (χ1v) is 13.2. The molecule has 1 aliphatic rings. The van der Waals surface area contributed by atoms with Crippen molar-refractivity contribution in [2.24, 2.45) is 0 Å². The van der Waals surface area contributed by atoms with Gasteiger partial charge in [-0.25, -0.2) is 0 Å². The van der Waals surface area contributed by atoms with E-state index in [0.717, 1.165) is 21.8 Å². The van der Waals surface area contributed by atoms with E-state index in [1.807, 2.05) is 55.5 Å². The predicted octanol–water partition coefficient (Wildman–Crippen LogP) is 6.16. The summed E-state index contributed by atoms with van der Waals surface area (Å²) in [5.74, 6) is 0.707. The van der Waals surface area contributed by atoms with Crippen LogP contribution in [0.1, 0.15) is 30.5 Å². The van der Waals surface area contributed by atoms with Crippen LogP contribution in [0.25, 0.3) is 6.08 Å². The first kappa shape index (κ1) is 28.5. The molecule has 4 rings (SSSR count). The number of benzene rings is 3. The van der Waals surface area contributed by atoms with Gasteiger partial charge in [0, 0.05) is 22.7 Å². The van der Waals surface area contributed by atoms with E-state index in [2.05, 4.69) is 0 Å². The summed E-state index contributed by atoms with van der Waals surface area (Å²) >= 11 is 6.26. The van der Waals surface area contributed by atoms with E-state index in [9.17, 15) is 14.9 Å². The Bertz CT molecular complexity index is 1520. The van der Waals surface area contributed by atoms with E-state index >= 15 is 0 Å². The fourth-order valence-corrected chi connectivity index (χ4v) is 4.50. The largest absolute Gasteiger partial charge is 0.497 e. The summed E-state index contributed by atoms with van der Waals surface area (Å²) in [6.07, 6.45) is 2.11. The Balaban J connectivity index is 1.60. The third-order valence-electron chi connectivity index (χ3n) is 6.53. The molecule has 3 aromatic rings. The summed E-state index contributed by atoms with van der Waals surface area (Å²) in [6, 6.07) is 22.1. The topological polar surface area (TPSA) is 88.9 Å². The third-order valence-corrected chi connectivity index (χ3v) is 6.90. The van der Waals surface area contributed by atoms with Gasteiger partial charge in [0.1, 0.15) is 24.0 Å². The lowest BCUT2D eigenvalue weighted by Gasteiger charge is -2.27. The highest BCUT2D eigenvalue weighted by atomic mass is 35.5. The van der Waals surface area contributed by atoms with Crippen LogP contribution in [0.4, 0.5) is 0 Å². The van der Waals surface area contributed by atoms with Crippen molar-refractivity contribution in [3.63, 3.8) is 0 Å². The van der Waals surface area contributed by atoms with Crippen molar-refractivity contribution in [2.75, 3.05) is 20.3 Å². The van der Waals surface area contributed by atoms with Crippen LogP contribution >= 0.6 is 11.6 Å². The lowest BCUT2D eigenvalue weighted by molar-refractivity contribution is -0.140. The molecule has 2 amide bonds. The van der Waals surface area contributed by atoms with Gasteiger partial charge in [-0.05, 0) is 73.4 Å². The molecule has 0 aromatic heterocycles. The van der Waals surface area contributed by atoms with E-state index in [0.29, 0.717) is 40.7 Å². The summed E-state index contributed by atoms with van der Waals surface area (Å²) < 4.78 is 17.0. The van der Waals surface area contributed by atoms with Crippen molar-refractivity contribution < 1.29 is 23.8 Å². The van der Waals surface area contributed by atoms with Crippen LogP contribution in [0.2, 0.25) is 5.02 Å². The average Bonchev–Trinajstić information content (AvgIpc) is 2.96. The fourth-order valence-electron chi connectivity index (χ4n) is 4.31. The maximum absolute atomic E-state index is 13.5. The number of nitrogens with zero attached hydrogens (tertiary/aromatic N) is 2. The summed E-state index contributed by atoms with van der Waals surface area (Å²) in [5.41, 5.74) is 3.01. The third kappa shape index (κ3) is 6.36. The van der Waals surface area contributed by atoms with Crippen LogP contribution in [0, 0.1) is 11.3 Å². The fraction of sp³-hybridized carbons (Fsp3) is 0.219. The zero-order valence-electron chi connectivity index (χ0n) is 22.6. The monoisotopic (exact) mass is 556 g/mol. The normalized spacial score (nSPS) is 14.4. The van der Waals surface area contributed by atoms with Gasteiger partial charge < -0.3 is 14.2 Å². The van der Waals surface area contributed by atoms with Crippen LogP contribution in [0.5, 0.6) is 17.2 Å². The van der Waals surface area contributed by atoms with Gasteiger partial charge in [-0.3, -0.25) is 14.5 Å². The molecule has 3 aromatic carbocycles. The van der Waals surface area contributed by atoms with Crippen LogP contribution in [-0.2, 0) is 22.6 Å². The molecule has 0 aliphatic carbocycles. The van der Waals surface area contributed by atoms with Gasteiger partial charge in [0.05, 0.1) is 13.7 Å². The van der Waals surface area contributed by atoms with Crippen molar-refractivity contribution in [3.8, 4) is 23.3 Å². The highest BCUT2D eigenvalue weighted by molar-refractivity contribution is 6.31. The molecule has 204 valence electrons. The van der Waals surface area contributed by atoms with E-state index in [-0.39, 0.29) is 24.3 Å². The maximum atomic E-state index is 13.5. The molecule has 1 heterocycles. The SMILES string of the molecule is CCOc1cc(/C=C2/C(=O)N(CCc3ccc(OC)cc3)C(=O)C(C#N)=C2C)ccc1OCc1ccccc1Cl. The molecule has 0 saturated heterocycles. The van der Waals surface area contributed by atoms with Gasteiger partial charge >= 0.3 is 0 Å². The molecule has 0 fully saturated rings. The minimum Gasteiger partial charge on any atom is -0.497 e. The van der Waals surface area contributed by atoms with Crippen LogP contribution in [-0.4, -0.2) is 37.0 Å². The summed E-state index contributed by atoms with van der Waals surface area (Å²) in [4.78, 5) is 27.7. The summed E-state index contributed by atoms with van der Waals surface area (Å²) in [6.45, 7) is 4.29. The molecule has 0 unspecified atom stereocenters. The smallest absolute Gasteiger partial charge is 0.271 e. The first-order valence-electron chi connectivity index (χ1n) is 12.8. The van der Waals surface area contributed by atoms with E-state index in [1.165, 1.54) is 0 Å². The Morgan fingerprint density at radius 1 is 0.975 bits per heavy atom. The molecule has 0 atom stereocenters. The van der Waals surface area contributed by atoms with Crippen molar-refractivity contribution in [1.29, 1.82) is 5.26 Å². The number of ether oxygens (including phenoxy) is 3. The van der Waals surface area contributed by atoms with E-state index < -0.39 is 11.8 Å². The number of hydrogen-bond acceptors (Lipinski definition) is 6. The predicted molar refractivity (Wildman–Crippen MR) is 153 cm³/mol. The number of hydrogen-bond donors (Lipinski definition) is 0. The van der Waals surface area contributed by atoms with Crippen molar-refractivity contribution in [1.82, 2.24) is 4.90 Å². The molecule has 1 aliphatic heterocycles. The number of amides is 2. The van der Waals surface area contributed by atoms with Crippen molar-refractivity contribution >= 4 is 29.5 Å². The highest BCUT2D eigenvalue weighted by Gasteiger charge is 2.35. The number of carbonyl (C=O) groups is 2. The lowest BCUT2D eigenvalue weighted by Crippen LogP contribution is -2.43. The van der Waals surface area contributed by atoms with E-state index in [1.54, 1.807) is 44.4 Å². The van der Waals surface area contributed by atoms with Gasteiger partial charge in [-0.2, -0.15) is 5.26 Å². The number of nitriles is 1. The number of halogens is 1. The Labute approximate surface area is 238 Å². The Morgan fingerprint density at radius 3 is 2.40 bits per heavy atom. The quantitative estimate of drug-likeness (QED) is 0.219. The van der Waals surface area contributed by atoms with Crippen molar-refractivity contribution in [2.45, 2.75) is 26.9 Å². The number of methoxy groups -OCH3 is 1. The standard InChI is InChI=1S/C32H29ClN2O5/c1-4-39-30-18-23(11-14-29(30)40-20-24-7-5-6-8-28(24)33)17-26-21(2)27(19-34)32(37)35(31(26)36)16-15-22-9-12-25(38-3)13-10-22/h5-14,17-18H,4,15-16,20H2,1-3H3/b26-17+. The van der Waals surface area contributed by atoms with Gasteiger partial charge in [-0.1, -0.05) is 48.0 Å². The molecule has 40 heavy (non-hydrogen) atoms. The minimum atomic E-state index is -0.589. The molecule has 7 nitrogen and oxygen atoms in total. The second-order valence-electron chi connectivity index (χ2n) is 9.05. The Morgan fingerprint density at radius 2 is 1.73 bits per heavy atom. The van der Waals surface area contributed by atoms with Gasteiger partial charge in [0.15, 0.2) is 11.5 Å². The molecule has 0 saturated carbocycles. The Kier molecular flexibility index (Phi) is 9.26. The van der Waals surface area contributed by atoms with Crippen LogP contribution in [0.15, 0.2) is 83.4 Å². The van der Waals surface area contributed by atoms with Crippen LogP contribution < -0.4 is 14.2 Å². The second-order valence-corrected chi connectivity index (χ2v) is 9.46. The average molecular weight is 557 g/mol. The number of rotatable bonds is 10. The van der Waals surface area contributed by atoms with Gasteiger partial charge in [-0.15, -0.1) is 0 Å². The van der Waals surface area contributed by atoms with Crippen LogP contribution in [0.3, 0.4) is 0 Å². The zero-order chi connectivity index (χ0) is 28.6. The zero-order valence-corrected chi connectivity index (χ0v) is 23.3. The number of imide groups is 1. The molecule has 8 heteroatoms. The van der Waals surface area contributed by atoms with E-state index in [4.69, 9.17) is 25.8 Å². The molecular weight excluding hydrogens is 528 g/mol. The molecular formula is C32H29ClN2O5. The van der Waals surface area contributed by atoms with Crippen molar-refractivity contribution in [3.05, 3.63) is 105 Å². The van der Waals surface area contributed by atoms with Gasteiger partial charge in [0.25, 0.3) is 11.8 Å². The summed E-state index contributed by atoms with van der Waals surface area (Å²) in [5, 5.41) is 10.3. The van der Waals surface area contributed by atoms with Gasteiger partial charge in [0.2, 0.25) is 0 Å². The molecule has 0 spiro atoms. The molecule has 0 radical (unpaired) electrons. The molecule has 0 bridgehead atoms.